The van der Waals surface area contributed by atoms with E-state index in [0.29, 0.717) is 4.90 Å². The highest BCUT2D eigenvalue weighted by Crippen LogP contribution is 2.34. The van der Waals surface area contributed by atoms with E-state index in [1.54, 1.807) is 0 Å². The Morgan fingerprint density at radius 3 is 2.29 bits per heavy atom. The number of rotatable bonds is 4. The van der Waals surface area contributed by atoms with Crippen LogP contribution < -0.4 is 5.32 Å². The Kier molecular flexibility index (Phi) is 5.71. The first-order valence-corrected chi connectivity index (χ1v) is 7.63. The summed E-state index contributed by atoms with van der Waals surface area (Å²) >= 11 is 0. The smallest absolute Gasteiger partial charge is 0.332 e. The van der Waals surface area contributed by atoms with E-state index in [1.165, 1.54) is 13.1 Å². The summed E-state index contributed by atoms with van der Waals surface area (Å²) in [7, 11) is 2.23. The molecule has 1 aromatic carbocycles. The molecule has 28 heavy (non-hydrogen) atoms. The number of nitrogens with one attached hydrogen (secondary N) is 1. The molecule has 1 N–H and O–H groups in total. The molecule has 6 nitrogen and oxygen atoms in total. The average Bonchev–Trinajstić information content (AvgIpc) is 2.95. The standard InChI is InChI=1S/C16H14F6N4O2/c1-25(14(28)9-7-26(2)24-13(9)16(20,21)22)8-12(27)23-11-6-4-3-5-10(11)15(17,18)19/h3-7H,8H2,1-2H3,(H,23,27). The number of likely N-dealkylation sites (N-methyl/N-ethyl adjacent to an activating group) is 1. The van der Waals surface area contributed by atoms with Crippen LogP contribution in [0.1, 0.15) is 21.6 Å². The number of carbonyl (C=O) groups is 2. The molecular formula is C16H14F6N4O2. The van der Waals surface area contributed by atoms with Crippen molar-refractivity contribution in [2.24, 2.45) is 7.05 Å². The molecule has 1 heterocycles. The number of alkyl halides is 6. The molecule has 0 bridgehead atoms. The van der Waals surface area contributed by atoms with Gasteiger partial charge in [-0.15, -0.1) is 0 Å². The number of halogens is 6. The number of aryl methyl sites for hydroxylation is 1. The van der Waals surface area contributed by atoms with E-state index < -0.39 is 53.2 Å². The molecule has 0 saturated carbocycles. The second-order valence-electron chi connectivity index (χ2n) is 5.82. The molecule has 0 saturated heterocycles. The summed E-state index contributed by atoms with van der Waals surface area (Å²) in [5.74, 6) is -2.16. The van der Waals surface area contributed by atoms with Crippen LogP contribution in [0.5, 0.6) is 0 Å². The van der Waals surface area contributed by atoms with Gasteiger partial charge in [0.25, 0.3) is 5.91 Å². The molecule has 0 fully saturated rings. The van der Waals surface area contributed by atoms with Crippen molar-refractivity contribution in [2.75, 3.05) is 18.9 Å². The van der Waals surface area contributed by atoms with Crippen LogP contribution in [0.15, 0.2) is 30.5 Å². The van der Waals surface area contributed by atoms with E-state index in [0.717, 1.165) is 36.1 Å². The second kappa shape index (κ2) is 7.52. The largest absolute Gasteiger partial charge is 0.435 e. The van der Waals surface area contributed by atoms with Crippen LogP contribution >= 0.6 is 0 Å². The summed E-state index contributed by atoms with van der Waals surface area (Å²) in [5, 5.41) is 5.20. The van der Waals surface area contributed by atoms with Gasteiger partial charge in [-0.3, -0.25) is 14.3 Å². The minimum absolute atomic E-state index is 0.529. The first-order valence-electron chi connectivity index (χ1n) is 7.63. The predicted molar refractivity (Wildman–Crippen MR) is 85.2 cm³/mol. The second-order valence-corrected chi connectivity index (χ2v) is 5.82. The number of hydrogen-bond acceptors (Lipinski definition) is 3. The molecule has 2 amide bonds. The molecule has 2 rings (SSSR count). The zero-order valence-electron chi connectivity index (χ0n) is 14.5. The van der Waals surface area contributed by atoms with Gasteiger partial charge in [0.15, 0.2) is 5.69 Å². The van der Waals surface area contributed by atoms with Crippen molar-refractivity contribution in [2.45, 2.75) is 12.4 Å². The van der Waals surface area contributed by atoms with Crippen molar-refractivity contribution in [1.29, 1.82) is 0 Å². The van der Waals surface area contributed by atoms with Gasteiger partial charge in [0.05, 0.1) is 23.4 Å². The highest BCUT2D eigenvalue weighted by molar-refractivity contribution is 6.00. The molecule has 12 heteroatoms. The van der Waals surface area contributed by atoms with Gasteiger partial charge in [0, 0.05) is 20.3 Å². The first kappa shape index (κ1) is 21.3. The Morgan fingerprint density at radius 1 is 1.11 bits per heavy atom. The fraction of sp³-hybridized carbons (Fsp3) is 0.312. The van der Waals surface area contributed by atoms with E-state index in [-0.39, 0.29) is 0 Å². The van der Waals surface area contributed by atoms with Crippen LogP contribution in [0.2, 0.25) is 0 Å². The van der Waals surface area contributed by atoms with E-state index in [2.05, 4.69) is 5.10 Å². The molecule has 2 aromatic rings. The van der Waals surface area contributed by atoms with Crippen LogP contribution in [0.3, 0.4) is 0 Å². The number of nitrogens with zero attached hydrogens (tertiary/aromatic N) is 3. The zero-order chi connectivity index (χ0) is 21.3. The molecule has 0 aliphatic heterocycles. The van der Waals surface area contributed by atoms with Gasteiger partial charge in [-0.2, -0.15) is 31.4 Å². The number of para-hydroxylation sites is 1. The van der Waals surface area contributed by atoms with Gasteiger partial charge in [0.2, 0.25) is 5.91 Å². The SMILES string of the molecule is CN(CC(=O)Nc1ccccc1C(F)(F)F)C(=O)c1cn(C)nc1C(F)(F)F. The van der Waals surface area contributed by atoms with Crippen molar-refractivity contribution in [1.82, 2.24) is 14.7 Å². The van der Waals surface area contributed by atoms with Gasteiger partial charge in [-0.25, -0.2) is 0 Å². The van der Waals surface area contributed by atoms with E-state index in [1.807, 2.05) is 5.32 Å². The quantitative estimate of drug-likeness (QED) is 0.791. The van der Waals surface area contributed by atoms with Crippen LogP contribution in [0, 0.1) is 0 Å². The maximum absolute atomic E-state index is 13.0. The van der Waals surface area contributed by atoms with E-state index >= 15 is 0 Å². The number of aromatic nitrogens is 2. The number of benzene rings is 1. The third-order valence-corrected chi connectivity index (χ3v) is 3.56. The predicted octanol–water partition coefficient (Wildman–Crippen LogP) is 3.17. The summed E-state index contributed by atoms with van der Waals surface area (Å²) < 4.78 is 78.5. The van der Waals surface area contributed by atoms with Crippen molar-refractivity contribution in [3.63, 3.8) is 0 Å². The number of hydrogen-bond donors (Lipinski definition) is 1. The summed E-state index contributed by atoms with van der Waals surface area (Å²) in [6.45, 7) is -0.767. The maximum atomic E-state index is 13.0. The van der Waals surface area contributed by atoms with Crippen molar-refractivity contribution < 1.29 is 35.9 Å². The van der Waals surface area contributed by atoms with Crippen LogP contribution in [0.25, 0.3) is 0 Å². The number of carbonyl (C=O) groups excluding carboxylic acids is 2. The molecule has 0 unspecified atom stereocenters. The van der Waals surface area contributed by atoms with Crippen LogP contribution in [-0.2, 0) is 24.2 Å². The Labute approximate surface area is 154 Å². The summed E-state index contributed by atoms with van der Waals surface area (Å²) in [5.41, 5.74) is -3.82. The minimum atomic E-state index is -4.89. The zero-order valence-corrected chi connectivity index (χ0v) is 14.5. The molecule has 0 aliphatic rings. The van der Waals surface area contributed by atoms with Gasteiger partial charge in [-0.05, 0) is 12.1 Å². The first-order chi connectivity index (χ1) is 12.8. The van der Waals surface area contributed by atoms with Gasteiger partial charge < -0.3 is 10.2 Å². The van der Waals surface area contributed by atoms with Crippen molar-refractivity contribution >= 4 is 17.5 Å². The van der Waals surface area contributed by atoms with Gasteiger partial charge in [0.1, 0.15) is 0 Å². The molecule has 0 aliphatic carbocycles. The lowest BCUT2D eigenvalue weighted by Gasteiger charge is -2.18. The molecule has 0 atom stereocenters. The van der Waals surface area contributed by atoms with E-state index in [9.17, 15) is 35.9 Å². The molecular weight excluding hydrogens is 394 g/mol. The van der Waals surface area contributed by atoms with Crippen molar-refractivity contribution in [3.05, 3.63) is 47.3 Å². The van der Waals surface area contributed by atoms with E-state index in [4.69, 9.17) is 0 Å². The summed E-state index contributed by atoms with van der Waals surface area (Å²) in [6, 6.07) is 4.18. The average molecular weight is 408 g/mol. The molecule has 152 valence electrons. The summed E-state index contributed by atoms with van der Waals surface area (Å²) in [6.07, 6.45) is -8.76. The van der Waals surface area contributed by atoms with Crippen LogP contribution in [-0.4, -0.2) is 40.1 Å². The normalized spacial score (nSPS) is 12.0. The third-order valence-electron chi connectivity index (χ3n) is 3.56. The van der Waals surface area contributed by atoms with Crippen molar-refractivity contribution in [3.8, 4) is 0 Å². The third kappa shape index (κ3) is 4.81. The molecule has 0 radical (unpaired) electrons. The monoisotopic (exact) mass is 408 g/mol. The highest BCUT2D eigenvalue weighted by Gasteiger charge is 2.40. The fourth-order valence-corrected chi connectivity index (χ4v) is 2.38. The highest BCUT2D eigenvalue weighted by atomic mass is 19.4. The van der Waals surface area contributed by atoms with Crippen LogP contribution in [0.4, 0.5) is 32.0 Å². The number of amides is 2. The topological polar surface area (TPSA) is 67.2 Å². The Hall–Kier alpha value is -3.05. The summed E-state index contributed by atoms with van der Waals surface area (Å²) in [4.78, 5) is 24.9. The Morgan fingerprint density at radius 2 is 1.71 bits per heavy atom. The lowest BCUT2D eigenvalue weighted by atomic mass is 10.1. The van der Waals surface area contributed by atoms with Gasteiger partial charge in [-0.1, -0.05) is 12.1 Å². The minimum Gasteiger partial charge on any atom is -0.332 e. The molecule has 0 spiro atoms. The lowest BCUT2D eigenvalue weighted by Crippen LogP contribution is -2.36. The Balaban J connectivity index is 2.15. The van der Waals surface area contributed by atoms with Gasteiger partial charge >= 0.3 is 12.4 Å². The number of anilines is 1. The lowest BCUT2D eigenvalue weighted by molar-refractivity contribution is -0.142. The molecule has 1 aromatic heterocycles. The fourth-order valence-electron chi connectivity index (χ4n) is 2.38. The maximum Gasteiger partial charge on any atom is 0.435 e. The Bertz CT molecular complexity index is 888.